The summed E-state index contributed by atoms with van der Waals surface area (Å²) in [6, 6.07) is 5.85. The first-order valence-electron chi connectivity index (χ1n) is 10.0. The SMILES string of the molecule is Fc1cccc(Cl)c1CN(C1CCOCC1)[C@H]1CCNC1.O=C(O)C(O)C(O)C(=O)O. The van der Waals surface area contributed by atoms with Gasteiger partial charge in [0.15, 0.2) is 12.2 Å². The molecule has 11 heteroatoms. The minimum atomic E-state index is -2.27. The lowest BCUT2D eigenvalue weighted by molar-refractivity contribution is -0.165. The number of aliphatic carboxylic acids is 2. The smallest absolute Gasteiger partial charge is 0.335 e. The highest BCUT2D eigenvalue weighted by atomic mass is 35.5. The molecular formula is C20H28ClFN2O7. The van der Waals surface area contributed by atoms with E-state index in [4.69, 9.17) is 36.8 Å². The average Bonchev–Trinajstić information content (AvgIpc) is 3.28. The lowest BCUT2D eigenvalue weighted by atomic mass is 10.0. The number of carboxylic acids is 2. The Morgan fingerprint density at radius 1 is 1.13 bits per heavy atom. The summed E-state index contributed by atoms with van der Waals surface area (Å²) in [5.41, 5.74) is 0.623. The van der Waals surface area contributed by atoms with Gasteiger partial charge in [-0.3, -0.25) is 4.90 Å². The summed E-state index contributed by atoms with van der Waals surface area (Å²) in [6.07, 6.45) is -1.39. The minimum absolute atomic E-state index is 0.203. The Balaban J connectivity index is 0.000000291. The number of nitrogens with zero attached hydrogens (tertiary/aromatic N) is 1. The first kappa shape index (κ1) is 25.4. The molecule has 0 radical (unpaired) electrons. The number of rotatable bonds is 7. The number of aliphatic hydroxyl groups is 2. The molecule has 2 aliphatic heterocycles. The second-order valence-corrected chi connectivity index (χ2v) is 7.84. The fourth-order valence-electron chi connectivity index (χ4n) is 3.63. The van der Waals surface area contributed by atoms with Crippen molar-refractivity contribution in [1.29, 1.82) is 0 Å². The number of nitrogens with one attached hydrogen (secondary N) is 1. The predicted molar refractivity (Wildman–Crippen MR) is 109 cm³/mol. The predicted octanol–water partition coefficient (Wildman–Crippen LogP) is 0.699. The molecule has 174 valence electrons. The van der Waals surface area contributed by atoms with E-state index in [0.717, 1.165) is 45.6 Å². The maximum atomic E-state index is 14.1. The summed E-state index contributed by atoms with van der Waals surface area (Å²) in [6.45, 7) is 4.19. The summed E-state index contributed by atoms with van der Waals surface area (Å²) >= 11 is 6.21. The maximum absolute atomic E-state index is 14.1. The van der Waals surface area contributed by atoms with Gasteiger partial charge in [0, 0.05) is 49.0 Å². The van der Waals surface area contributed by atoms with E-state index in [9.17, 15) is 14.0 Å². The van der Waals surface area contributed by atoms with Crippen molar-refractivity contribution in [3.05, 3.63) is 34.6 Å². The second-order valence-electron chi connectivity index (χ2n) is 7.43. The molecule has 0 aromatic heterocycles. The third-order valence-electron chi connectivity index (χ3n) is 5.37. The Kier molecular flexibility index (Phi) is 10.1. The van der Waals surface area contributed by atoms with Crippen molar-refractivity contribution in [2.45, 2.75) is 50.1 Å². The van der Waals surface area contributed by atoms with Gasteiger partial charge in [0.05, 0.1) is 0 Å². The highest BCUT2D eigenvalue weighted by molar-refractivity contribution is 6.31. The number of carbonyl (C=O) groups is 2. The van der Waals surface area contributed by atoms with Gasteiger partial charge in [-0.25, -0.2) is 14.0 Å². The summed E-state index contributed by atoms with van der Waals surface area (Å²) in [4.78, 5) is 22.0. The third kappa shape index (κ3) is 7.37. The number of hydrogen-bond acceptors (Lipinski definition) is 7. The zero-order chi connectivity index (χ0) is 23.0. The van der Waals surface area contributed by atoms with Crippen LogP contribution in [0.4, 0.5) is 4.39 Å². The lowest BCUT2D eigenvalue weighted by Gasteiger charge is -2.38. The molecule has 0 aliphatic carbocycles. The van der Waals surface area contributed by atoms with Crippen LogP contribution in [-0.2, 0) is 20.9 Å². The molecule has 1 aromatic carbocycles. The molecule has 2 unspecified atom stereocenters. The molecule has 0 spiro atoms. The normalized spacial score (nSPS) is 21.3. The van der Waals surface area contributed by atoms with Crippen LogP contribution >= 0.6 is 11.6 Å². The number of carboxylic acid groups (broad SMARTS) is 2. The molecular weight excluding hydrogens is 435 g/mol. The Bertz CT molecular complexity index is 704. The van der Waals surface area contributed by atoms with Gasteiger partial charge in [-0.05, 0) is 37.9 Å². The van der Waals surface area contributed by atoms with E-state index < -0.39 is 24.1 Å². The van der Waals surface area contributed by atoms with Gasteiger partial charge in [0.1, 0.15) is 5.82 Å². The van der Waals surface area contributed by atoms with E-state index in [1.807, 2.05) is 0 Å². The first-order chi connectivity index (χ1) is 14.7. The van der Waals surface area contributed by atoms with Gasteiger partial charge in [-0.15, -0.1) is 0 Å². The number of hydrogen-bond donors (Lipinski definition) is 5. The summed E-state index contributed by atoms with van der Waals surface area (Å²) < 4.78 is 19.6. The van der Waals surface area contributed by atoms with Gasteiger partial charge in [-0.2, -0.15) is 0 Å². The highest BCUT2D eigenvalue weighted by Gasteiger charge is 2.31. The largest absolute Gasteiger partial charge is 0.479 e. The van der Waals surface area contributed by atoms with E-state index in [-0.39, 0.29) is 5.82 Å². The Hall–Kier alpha value is -1.82. The van der Waals surface area contributed by atoms with Crippen molar-refractivity contribution in [3.8, 4) is 0 Å². The van der Waals surface area contributed by atoms with Crippen LogP contribution in [0, 0.1) is 5.82 Å². The van der Waals surface area contributed by atoms with Crippen molar-refractivity contribution in [3.63, 3.8) is 0 Å². The van der Waals surface area contributed by atoms with E-state index in [0.29, 0.717) is 29.2 Å². The van der Waals surface area contributed by atoms with Crippen LogP contribution in [0.1, 0.15) is 24.8 Å². The van der Waals surface area contributed by atoms with E-state index >= 15 is 0 Å². The maximum Gasteiger partial charge on any atom is 0.335 e. The van der Waals surface area contributed by atoms with Crippen LogP contribution in [-0.4, -0.2) is 87.9 Å². The molecule has 2 saturated heterocycles. The second kappa shape index (κ2) is 12.3. The van der Waals surface area contributed by atoms with Gasteiger partial charge in [0.25, 0.3) is 0 Å². The van der Waals surface area contributed by atoms with Crippen LogP contribution in [0.25, 0.3) is 0 Å². The Labute approximate surface area is 184 Å². The molecule has 5 N–H and O–H groups in total. The molecule has 31 heavy (non-hydrogen) atoms. The molecule has 0 amide bonds. The van der Waals surface area contributed by atoms with Gasteiger partial charge in [-0.1, -0.05) is 17.7 Å². The van der Waals surface area contributed by atoms with Crippen molar-refractivity contribution in [2.24, 2.45) is 0 Å². The van der Waals surface area contributed by atoms with Crippen LogP contribution in [0.5, 0.6) is 0 Å². The van der Waals surface area contributed by atoms with Crippen molar-refractivity contribution < 1.29 is 39.1 Å². The van der Waals surface area contributed by atoms with Crippen LogP contribution in [0.3, 0.4) is 0 Å². The van der Waals surface area contributed by atoms with Crippen molar-refractivity contribution in [2.75, 3.05) is 26.3 Å². The Morgan fingerprint density at radius 2 is 1.74 bits per heavy atom. The van der Waals surface area contributed by atoms with Gasteiger partial charge >= 0.3 is 11.9 Å². The average molecular weight is 463 g/mol. The van der Waals surface area contributed by atoms with Crippen molar-refractivity contribution >= 4 is 23.5 Å². The minimum Gasteiger partial charge on any atom is -0.479 e. The standard InChI is InChI=1S/C16H22ClFN2O.C4H6O6/c17-15-2-1-3-16(18)14(15)11-20(13-4-7-19-10-13)12-5-8-21-9-6-12;5-1(3(7)8)2(6)4(9)10/h1-3,12-13,19H,4-11H2;1-2,5-6H,(H,7,8)(H,9,10)/t13-;/m0./s1. The molecule has 0 saturated carbocycles. The lowest BCUT2D eigenvalue weighted by Crippen LogP contribution is -2.46. The summed E-state index contributed by atoms with van der Waals surface area (Å²) in [5, 5.41) is 36.5. The summed E-state index contributed by atoms with van der Waals surface area (Å²) in [5.74, 6) is -3.74. The number of aliphatic hydroxyl groups excluding tert-OH is 2. The molecule has 9 nitrogen and oxygen atoms in total. The van der Waals surface area contributed by atoms with Crippen molar-refractivity contribution in [1.82, 2.24) is 10.2 Å². The molecule has 2 aliphatic rings. The molecule has 2 fully saturated rings. The number of benzene rings is 1. The van der Waals surface area contributed by atoms with Gasteiger partial charge in [0.2, 0.25) is 0 Å². The van der Waals surface area contributed by atoms with Crippen LogP contribution in [0.15, 0.2) is 18.2 Å². The molecule has 3 rings (SSSR count). The highest BCUT2D eigenvalue weighted by Crippen LogP contribution is 2.27. The topological polar surface area (TPSA) is 140 Å². The summed E-state index contributed by atoms with van der Waals surface area (Å²) in [7, 11) is 0. The first-order valence-corrected chi connectivity index (χ1v) is 10.4. The fourth-order valence-corrected chi connectivity index (χ4v) is 3.85. The molecule has 3 atom stereocenters. The third-order valence-corrected chi connectivity index (χ3v) is 5.72. The van der Waals surface area contributed by atoms with E-state index in [1.165, 1.54) is 6.07 Å². The molecule has 2 heterocycles. The Morgan fingerprint density at radius 3 is 2.23 bits per heavy atom. The van der Waals surface area contributed by atoms with Crippen LogP contribution in [0.2, 0.25) is 5.02 Å². The molecule has 0 bridgehead atoms. The molecule has 1 aromatic rings. The van der Waals surface area contributed by atoms with E-state index in [2.05, 4.69) is 10.2 Å². The quantitative estimate of drug-likeness (QED) is 0.396. The zero-order valence-electron chi connectivity index (χ0n) is 16.9. The van der Waals surface area contributed by atoms with E-state index in [1.54, 1.807) is 12.1 Å². The monoisotopic (exact) mass is 462 g/mol. The zero-order valence-corrected chi connectivity index (χ0v) is 17.7. The number of ether oxygens (including phenoxy) is 1. The van der Waals surface area contributed by atoms with Gasteiger partial charge < -0.3 is 30.5 Å². The fraction of sp³-hybridized carbons (Fsp3) is 0.600. The van der Waals surface area contributed by atoms with Crippen LogP contribution < -0.4 is 5.32 Å². The number of halogens is 2.